The van der Waals surface area contributed by atoms with E-state index in [1.807, 2.05) is 0 Å². The number of nitrogens with zero attached hydrogens (tertiary/aromatic N) is 1. The fourth-order valence-electron chi connectivity index (χ4n) is 2.17. The van der Waals surface area contributed by atoms with Gasteiger partial charge in [-0.25, -0.2) is 0 Å². The minimum absolute atomic E-state index is 0.332. The van der Waals surface area contributed by atoms with Crippen LogP contribution in [0.15, 0.2) is 18.2 Å². The molecule has 0 aromatic heterocycles. The molecule has 114 valence electrons. The molecule has 1 unspecified atom stereocenters. The van der Waals surface area contributed by atoms with Crippen LogP contribution >= 0.6 is 0 Å². The molecule has 0 heterocycles. The van der Waals surface area contributed by atoms with Gasteiger partial charge < -0.3 is 15.0 Å². The summed E-state index contributed by atoms with van der Waals surface area (Å²) in [5.41, 5.74) is 2.55. The summed E-state index contributed by atoms with van der Waals surface area (Å²) >= 11 is 0. The van der Waals surface area contributed by atoms with Crippen molar-refractivity contribution in [2.24, 2.45) is 0 Å². The summed E-state index contributed by atoms with van der Waals surface area (Å²) in [6.07, 6.45) is 2.20. The first-order valence-corrected chi connectivity index (χ1v) is 7.66. The van der Waals surface area contributed by atoms with Crippen molar-refractivity contribution in [3.8, 4) is 5.75 Å². The first-order valence-electron chi connectivity index (χ1n) is 7.66. The third kappa shape index (κ3) is 5.93. The van der Waals surface area contributed by atoms with Crippen molar-refractivity contribution in [1.82, 2.24) is 10.2 Å². The van der Waals surface area contributed by atoms with Crippen molar-refractivity contribution in [3.63, 3.8) is 0 Å². The van der Waals surface area contributed by atoms with E-state index in [4.69, 9.17) is 4.74 Å². The van der Waals surface area contributed by atoms with Crippen LogP contribution in [-0.2, 0) is 0 Å². The van der Waals surface area contributed by atoms with E-state index in [0.717, 1.165) is 38.3 Å². The smallest absolute Gasteiger partial charge is 0.124 e. The molecule has 0 amide bonds. The minimum atomic E-state index is 0.332. The molecule has 0 saturated heterocycles. The summed E-state index contributed by atoms with van der Waals surface area (Å²) < 4.78 is 5.98. The lowest BCUT2D eigenvalue weighted by molar-refractivity contribution is 0.277. The highest BCUT2D eigenvalue weighted by Crippen LogP contribution is 2.26. The van der Waals surface area contributed by atoms with Gasteiger partial charge in [0.25, 0.3) is 0 Å². The Balaban J connectivity index is 2.64. The van der Waals surface area contributed by atoms with Gasteiger partial charge in [0, 0.05) is 18.2 Å². The van der Waals surface area contributed by atoms with Crippen molar-refractivity contribution < 1.29 is 4.74 Å². The molecule has 1 N–H and O–H groups in total. The van der Waals surface area contributed by atoms with Crippen LogP contribution in [0, 0.1) is 6.92 Å². The Morgan fingerprint density at radius 3 is 2.70 bits per heavy atom. The summed E-state index contributed by atoms with van der Waals surface area (Å²) in [4.78, 5) is 2.19. The standard InChI is InChI=1S/C17H30N2O/c1-6-10-18-15(3)16-13-14(2)8-9-17(16)20-12-7-11-19(4)5/h8-9,13,15,18H,6-7,10-12H2,1-5H3. The summed E-state index contributed by atoms with van der Waals surface area (Å²) in [6, 6.07) is 6.79. The molecule has 0 aliphatic heterocycles. The van der Waals surface area contributed by atoms with E-state index in [2.05, 4.69) is 63.3 Å². The highest BCUT2D eigenvalue weighted by atomic mass is 16.5. The van der Waals surface area contributed by atoms with Crippen LogP contribution in [0.2, 0.25) is 0 Å². The fourth-order valence-corrected chi connectivity index (χ4v) is 2.17. The predicted molar refractivity (Wildman–Crippen MR) is 86.6 cm³/mol. The molecule has 0 bridgehead atoms. The van der Waals surface area contributed by atoms with E-state index >= 15 is 0 Å². The number of rotatable bonds is 9. The van der Waals surface area contributed by atoms with Crippen LogP contribution in [0.1, 0.15) is 43.9 Å². The summed E-state index contributed by atoms with van der Waals surface area (Å²) in [5.74, 6) is 1.02. The molecule has 0 radical (unpaired) electrons. The van der Waals surface area contributed by atoms with Crippen LogP contribution in [0.25, 0.3) is 0 Å². The molecule has 0 saturated carbocycles. The fraction of sp³-hybridized carbons (Fsp3) is 0.647. The van der Waals surface area contributed by atoms with Gasteiger partial charge in [-0.05, 0) is 53.4 Å². The highest BCUT2D eigenvalue weighted by molar-refractivity contribution is 5.39. The average Bonchev–Trinajstić information content (AvgIpc) is 2.41. The molecular weight excluding hydrogens is 248 g/mol. The molecule has 0 spiro atoms. The van der Waals surface area contributed by atoms with Crippen molar-refractivity contribution in [2.75, 3.05) is 33.8 Å². The van der Waals surface area contributed by atoms with Crippen LogP contribution in [0.3, 0.4) is 0 Å². The average molecular weight is 278 g/mol. The number of aryl methyl sites for hydroxylation is 1. The molecule has 1 aromatic rings. The van der Waals surface area contributed by atoms with E-state index in [1.54, 1.807) is 0 Å². The van der Waals surface area contributed by atoms with Gasteiger partial charge in [0.1, 0.15) is 5.75 Å². The molecule has 0 aliphatic rings. The zero-order chi connectivity index (χ0) is 15.0. The SMILES string of the molecule is CCCNC(C)c1cc(C)ccc1OCCCN(C)C. The van der Waals surface area contributed by atoms with Crippen LogP contribution < -0.4 is 10.1 Å². The largest absolute Gasteiger partial charge is 0.493 e. The van der Waals surface area contributed by atoms with Gasteiger partial charge in [-0.3, -0.25) is 0 Å². The molecule has 20 heavy (non-hydrogen) atoms. The van der Waals surface area contributed by atoms with E-state index in [0.29, 0.717) is 6.04 Å². The number of hydrogen-bond donors (Lipinski definition) is 1. The summed E-state index contributed by atoms with van der Waals surface area (Å²) in [6.45, 7) is 9.40. The second-order valence-corrected chi connectivity index (χ2v) is 5.72. The van der Waals surface area contributed by atoms with E-state index in [9.17, 15) is 0 Å². The third-order valence-corrected chi connectivity index (χ3v) is 3.34. The Morgan fingerprint density at radius 1 is 1.30 bits per heavy atom. The van der Waals surface area contributed by atoms with Gasteiger partial charge in [0.15, 0.2) is 0 Å². The Kier molecular flexibility index (Phi) is 7.63. The lowest BCUT2D eigenvalue weighted by atomic mass is 10.0. The third-order valence-electron chi connectivity index (χ3n) is 3.34. The Morgan fingerprint density at radius 2 is 2.05 bits per heavy atom. The molecule has 1 atom stereocenters. The van der Waals surface area contributed by atoms with Crippen LogP contribution in [0.4, 0.5) is 0 Å². The predicted octanol–water partition coefficient (Wildman–Crippen LogP) is 3.39. The van der Waals surface area contributed by atoms with E-state index in [-0.39, 0.29) is 0 Å². The van der Waals surface area contributed by atoms with Gasteiger partial charge in [0.05, 0.1) is 6.61 Å². The zero-order valence-corrected chi connectivity index (χ0v) is 13.7. The number of hydrogen-bond acceptors (Lipinski definition) is 3. The topological polar surface area (TPSA) is 24.5 Å². The molecule has 3 nitrogen and oxygen atoms in total. The highest BCUT2D eigenvalue weighted by Gasteiger charge is 2.11. The zero-order valence-electron chi connectivity index (χ0n) is 13.7. The first kappa shape index (κ1) is 17.0. The lowest BCUT2D eigenvalue weighted by Crippen LogP contribution is -2.20. The number of nitrogens with one attached hydrogen (secondary N) is 1. The van der Waals surface area contributed by atoms with E-state index < -0.39 is 0 Å². The van der Waals surface area contributed by atoms with Crippen molar-refractivity contribution in [3.05, 3.63) is 29.3 Å². The maximum absolute atomic E-state index is 5.98. The number of benzene rings is 1. The van der Waals surface area contributed by atoms with Gasteiger partial charge in [-0.1, -0.05) is 24.6 Å². The van der Waals surface area contributed by atoms with Crippen molar-refractivity contribution in [1.29, 1.82) is 0 Å². The Hall–Kier alpha value is -1.06. The second kappa shape index (κ2) is 8.98. The van der Waals surface area contributed by atoms with Crippen LogP contribution in [-0.4, -0.2) is 38.7 Å². The number of ether oxygens (including phenoxy) is 1. The molecule has 1 aromatic carbocycles. The molecule has 1 rings (SSSR count). The maximum atomic E-state index is 5.98. The van der Waals surface area contributed by atoms with E-state index in [1.165, 1.54) is 11.1 Å². The molecule has 0 fully saturated rings. The van der Waals surface area contributed by atoms with Gasteiger partial charge in [0.2, 0.25) is 0 Å². The summed E-state index contributed by atoms with van der Waals surface area (Å²) in [5, 5.41) is 3.54. The molecular formula is C17H30N2O. The van der Waals surface area contributed by atoms with Gasteiger partial charge in [-0.15, -0.1) is 0 Å². The quantitative estimate of drug-likeness (QED) is 0.701. The normalized spacial score (nSPS) is 12.7. The van der Waals surface area contributed by atoms with Gasteiger partial charge >= 0.3 is 0 Å². The molecule has 0 aliphatic carbocycles. The summed E-state index contributed by atoms with van der Waals surface area (Å²) in [7, 11) is 4.18. The van der Waals surface area contributed by atoms with Crippen molar-refractivity contribution in [2.45, 2.75) is 39.7 Å². The molecule has 3 heteroatoms. The maximum Gasteiger partial charge on any atom is 0.124 e. The monoisotopic (exact) mass is 278 g/mol. The Labute approximate surface area is 124 Å². The van der Waals surface area contributed by atoms with Gasteiger partial charge in [-0.2, -0.15) is 0 Å². The second-order valence-electron chi connectivity index (χ2n) is 5.72. The minimum Gasteiger partial charge on any atom is -0.493 e. The van der Waals surface area contributed by atoms with Crippen molar-refractivity contribution >= 4 is 0 Å². The lowest BCUT2D eigenvalue weighted by Gasteiger charge is -2.19. The Bertz CT molecular complexity index is 391. The first-order chi connectivity index (χ1) is 9.54. The van der Waals surface area contributed by atoms with Crippen LogP contribution in [0.5, 0.6) is 5.75 Å².